The minimum atomic E-state index is -0.414. The fourth-order valence-electron chi connectivity index (χ4n) is 17.9. The zero-order valence-corrected chi connectivity index (χ0v) is 79.0. The van der Waals surface area contributed by atoms with Crippen LogP contribution in [0.4, 0.5) is 29.6 Å². The van der Waals surface area contributed by atoms with Crippen molar-refractivity contribution < 1.29 is 26.6 Å². The number of likely N-dealkylation sites (tertiary alicyclic amines) is 2. The Morgan fingerprint density at radius 2 is 0.592 bits per heavy atom. The lowest BCUT2D eigenvalue weighted by Crippen LogP contribution is -2.44. The van der Waals surface area contributed by atoms with E-state index in [9.17, 15) is 17.6 Å². The first-order valence-corrected chi connectivity index (χ1v) is 47.2. The van der Waals surface area contributed by atoms with Crippen molar-refractivity contribution in [1.82, 2.24) is 130 Å². The maximum Gasteiger partial charge on any atom is 0.324 e. The van der Waals surface area contributed by atoms with Gasteiger partial charge in [0.05, 0.1) is 47.3 Å². The molecular weight excluding hydrogens is 1840 g/mol. The summed E-state index contributed by atoms with van der Waals surface area (Å²) in [6.45, 7) is 11.3. The van der Waals surface area contributed by atoms with Gasteiger partial charge in [-0.25, -0.2) is 66.8 Å². The Bertz CT molecular complexity index is 7530. The van der Waals surface area contributed by atoms with Gasteiger partial charge in [0, 0.05) is 225 Å². The summed E-state index contributed by atoms with van der Waals surface area (Å²) in [5.41, 5.74) is 17.0. The molecule has 0 saturated carbocycles. The van der Waals surface area contributed by atoms with Gasteiger partial charge in [0.2, 0.25) is 11.6 Å². The van der Waals surface area contributed by atoms with Crippen molar-refractivity contribution in [3.8, 4) is 135 Å². The number of piperazine rings is 2. The molecule has 4 saturated heterocycles. The first kappa shape index (κ1) is 92.4. The lowest BCUT2D eigenvalue weighted by atomic mass is 9.99. The highest BCUT2D eigenvalue weighted by Gasteiger charge is 2.29. The molecule has 20 aromatic rings. The number of halogens is 6. The Morgan fingerprint density at radius 1 is 0.289 bits per heavy atom. The average molecular weight is 1930 g/mol. The van der Waals surface area contributed by atoms with E-state index in [-0.39, 0.29) is 11.6 Å². The third-order valence-electron chi connectivity index (χ3n) is 25.9. The van der Waals surface area contributed by atoms with Crippen LogP contribution in [0.15, 0.2) is 278 Å². The summed E-state index contributed by atoms with van der Waals surface area (Å²) in [6, 6.07) is 54.4. The molecule has 4 aromatic carbocycles. The highest BCUT2D eigenvalue weighted by Crippen LogP contribution is 2.42. The number of benzene rings is 4. The number of piperidine rings is 2. The molecule has 0 N–H and O–H groups in total. The lowest BCUT2D eigenvalue weighted by molar-refractivity contribution is 0.210. The van der Waals surface area contributed by atoms with Crippen LogP contribution in [-0.4, -0.2) is 236 Å². The Hall–Kier alpha value is -16.0. The van der Waals surface area contributed by atoms with Gasteiger partial charge < -0.3 is 38.4 Å². The molecule has 0 spiro atoms. The van der Waals surface area contributed by atoms with Crippen LogP contribution in [0.1, 0.15) is 37.8 Å². The van der Waals surface area contributed by atoms with Crippen molar-refractivity contribution in [2.45, 2.75) is 37.8 Å². The second kappa shape index (κ2) is 41.2. The molecule has 4 fully saturated rings. The Kier molecular flexibility index (Phi) is 26.8. The molecule has 0 aliphatic carbocycles. The van der Waals surface area contributed by atoms with Crippen LogP contribution >= 0.6 is 23.2 Å². The summed E-state index contributed by atoms with van der Waals surface area (Å²) in [6.07, 6.45) is 29.0. The molecule has 36 heteroatoms. The molecule has 0 radical (unpaired) electrons. The number of hydrogen-bond acceptors (Lipinski definition) is 28. The quantitative estimate of drug-likeness (QED) is 0.0811. The van der Waals surface area contributed by atoms with Gasteiger partial charge in [-0.3, -0.25) is 19.9 Å². The van der Waals surface area contributed by atoms with Gasteiger partial charge >= 0.3 is 12.0 Å². The van der Waals surface area contributed by atoms with E-state index in [0.717, 1.165) is 198 Å². The summed E-state index contributed by atoms with van der Waals surface area (Å²) < 4.78 is 73.6. The molecule has 0 unspecified atom stereocenters. The summed E-state index contributed by atoms with van der Waals surface area (Å²) >= 11 is 12.3. The van der Waals surface area contributed by atoms with E-state index in [0.29, 0.717) is 119 Å². The molecule has 24 rings (SSSR count). The summed E-state index contributed by atoms with van der Waals surface area (Å²) in [5, 5.41) is 30.3. The zero-order chi connectivity index (χ0) is 96.9. The third kappa shape index (κ3) is 20.3. The monoisotopic (exact) mass is 1930 g/mol. The van der Waals surface area contributed by atoms with Crippen LogP contribution in [0.5, 0.6) is 0 Å². The number of rotatable bonds is 16. The smallest absolute Gasteiger partial charge is 0.322 e. The van der Waals surface area contributed by atoms with Gasteiger partial charge in [0.15, 0.2) is 22.6 Å². The predicted octanol–water partition coefficient (Wildman–Crippen LogP) is 20.0. The van der Waals surface area contributed by atoms with Gasteiger partial charge in [-0.2, -0.15) is 9.97 Å². The van der Waals surface area contributed by atoms with Crippen molar-refractivity contribution in [2.75, 3.05) is 117 Å². The number of pyridine rings is 12. The van der Waals surface area contributed by atoms with E-state index in [2.05, 4.69) is 158 Å². The molecule has 20 heterocycles. The largest absolute Gasteiger partial charge is 0.324 e. The van der Waals surface area contributed by atoms with Crippen LogP contribution in [0, 0.1) is 23.3 Å². The topological polar surface area (TPSA) is 313 Å². The highest BCUT2D eigenvalue weighted by molar-refractivity contribution is 6.31. The van der Waals surface area contributed by atoms with Gasteiger partial charge in [-0.1, -0.05) is 68.2 Å². The van der Waals surface area contributed by atoms with Crippen LogP contribution in [0.3, 0.4) is 0 Å². The van der Waals surface area contributed by atoms with Crippen molar-refractivity contribution in [3.63, 3.8) is 0 Å². The minimum absolute atomic E-state index is 0.301. The molecule has 142 heavy (non-hydrogen) atoms. The second-order valence-electron chi connectivity index (χ2n) is 35.4. The Labute approximate surface area is 821 Å². The van der Waals surface area contributed by atoms with Gasteiger partial charge in [0.25, 0.3) is 0 Å². The second-order valence-corrected chi connectivity index (χ2v) is 36.3. The van der Waals surface area contributed by atoms with Gasteiger partial charge in [-0.15, -0.1) is 10.2 Å². The van der Waals surface area contributed by atoms with E-state index >= 15 is 0 Å². The minimum Gasteiger partial charge on any atom is -0.322 e. The third-order valence-corrected chi connectivity index (χ3v) is 26.3. The first-order chi connectivity index (χ1) is 69.4. The van der Waals surface area contributed by atoms with Crippen LogP contribution < -0.4 is 9.80 Å². The molecule has 16 aromatic heterocycles. The summed E-state index contributed by atoms with van der Waals surface area (Å²) in [4.78, 5) is 76.6. The normalized spacial score (nSPS) is 14.7. The highest BCUT2D eigenvalue weighted by atomic mass is 35.5. The van der Waals surface area contributed by atoms with E-state index in [4.69, 9.17) is 32.2 Å². The van der Waals surface area contributed by atoms with E-state index in [1.807, 2.05) is 119 Å². The summed E-state index contributed by atoms with van der Waals surface area (Å²) in [7, 11) is 8.49. The van der Waals surface area contributed by atoms with Crippen molar-refractivity contribution in [2.24, 2.45) is 0 Å². The average Bonchev–Trinajstić information content (AvgIpc) is 1.50. The van der Waals surface area contributed by atoms with E-state index < -0.39 is 11.6 Å². The molecule has 4 aliphatic rings. The number of aromatic nitrogens is 22. The fourth-order valence-corrected chi connectivity index (χ4v) is 18.3. The maximum absolute atomic E-state index is 14.7. The van der Waals surface area contributed by atoms with Crippen molar-refractivity contribution >= 4 is 79.4 Å². The molecule has 0 bridgehead atoms. The zero-order valence-electron chi connectivity index (χ0n) is 77.5. The number of fused-ring (bicyclic) bond motifs is 4. The summed E-state index contributed by atoms with van der Waals surface area (Å²) in [5.74, 6) is -0.543. The molecule has 708 valence electrons. The lowest BCUT2D eigenvalue weighted by Gasteiger charge is -2.30. The van der Waals surface area contributed by atoms with Gasteiger partial charge in [0.1, 0.15) is 34.7 Å². The van der Waals surface area contributed by atoms with Crippen LogP contribution in [0.25, 0.3) is 179 Å². The SMILES string of the molecule is CN1CCC(n2cc(-c3cncc(-c4cc(-c5cc(Cl)ccc5F)nc5ncccc45)c3)nn2)CC1.CN1CCC(n2cc(-c3cncc(-c4cc(-c5ccccc5F)nc5ncccc45)c3)nn2)CC1.CN1CCN(c2nc(-c3cncc(-c4cc(-c5cc(Cl)ccc5F)nc5ncccc45)c3)no2)CC1.CN1CCN(c2nc(-c3cncc(-c4cc(-c5ccccc5F)nc5ncccc45)c3)no2)CC1. The number of anilines is 2. The molecule has 4 aliphatic heterocycles. The Morgan fingerprint density at radius 3 is 0.937 bits per heavy atom. The first-order valence-electron chi connectivity index (χ1n) is 46.4. The van der Waals surface area contributed by atoms with E-state index in [1.165, 1.54) is 36.4 Å². The number of nitrogens with zero attached hydrogens (tertiary/aromatic N) is 28. The molecule has 0 atom stereocenters. The maximum atomic E-state index is 14.7. The van der Waals surface area contributed by atoms with Crippen molar-refractivity contribution in [1.29, 1.82) is 0 Å². The predicted molar refractivity (Wildman–Crippen MR) is 538 cm³/mol. The van der Waals surface area contributed by atoms with Gasteiger partial charge in [-0.05, 0) is 260 Å². The Balaban J connectivity index is 0.000000112. The standard InChI is InChI=1S/C27H23ClFN7.C27H24FN7.C26H21ClFN7O.C26H22FN7O/c1-35-9-6-20(7-10-35)36-16-26(33-34-36)18-11-17(14-30-15-18)22-13-25(23-12-19(28)4-5-24(23)29)32-27-21(22)3-2-8-31-27;1-34-11-8-20(9-12-34)35-17-26(32-33-35)19-13-18(15-29-16-19)23-14-25(22-5-2-3-7-24(22)28)31-27-21(23)6-4-10-30-27;1-34-7-9-35(10-8-34)26-32-24(33-36-26)17-11-16(14-29-15-17)20-13-23(21-12-18(27)4-5-22(21)28)31-25-19(20)3-2-6-30-25;1-33-9-11-34(12-10-33)26-31-24(32-35-26)18-13-17(15-28-16-18)21-14-23(20-5-2-3-7-22(20)27)30-25-19(21)6-4-8-29-25/h2-5,8,11-16,20H,6-7,9-10H2,1H3;2-7,10,13-17,20H,8-9,11-12H2,1H3;2-6,11-15H,7-10H2,1H3;2-8,13-16H,9-12H2,1H3. The number of likely N-dealkylation sites (N-methyl/N-ethyl adjacent to an activating group) is 2. The number of hydrogen-bond donors (Lipinski definition) is 0. The molecule has 0 amide bonds. The van der Waals surface area contributed by atoms with Crippen LogP contribution in [0.2, 0.25) is 10.0 Å². The van der Waals surface area contributed by atoms with Crippen molar-refractivity contribution in [3.05, 3.63) is 302 Å². The molecule has 30 nitrogen and oxygen atoms in total. The molecular formula is C106H90Cl2F4N28O2. The fraction of sp³-hybridized carbons (Fsp3) is 0.208. The van der Waals surface area contributed by atoms with E-state index in [1.54, 1.807) is 123 Å². The van der Waals surface area contributed by atoms with Crippen LogP contribution in [-0.2, 0) is 0 Å².